The molecule has 0 spiro atoms. The zero-order chi connectivity index (χ0) is 22.2. The van der Waals surface area contributed by atoms with Crippen LogP contribution in [-0.2, 0) is 9.53 Å². The van der Waals surface area contributed by atoms with Crippen molar-refractivity contribution in [1.82, 2.24) is 0 Å². The lowest BCUT2D eigenvalue weighted by atomic mass is 9.42. The molecule has 1 unspecified atom stereocenters. The summed E-state index contributed by atoms with van der Waals surface area (Å²) in [6.07, 6.45) is 7.94. The molecule has 0 aromatic carbocycles. The predicted molar refractivity (Wildman–Crippen MR) is 114 cm³/mol. The second kappa shape index (κ2) is 7.02. The van der Waals surface area contributed by atoms with Gasteiger partial charge in [0.15, 0.2) is 0 Å². The van der Waals surface area contributed by atoms with Gasteiger partial charge >= 0.3 is 5.97 Å². The third kappa shape index (κ3) is 2.87. The van der Waals surface area contributed by atoms with Crippen LogP contribution < -0.4 is 0 Å². The van der Waals surface area contributed by atoms with E-state index in [0.29, 0.717) is 31.3 Å². The fourth-order valence-corrected chi connectivity index (χ4v) is 8.90. The first kappa shape index (κ1) is 21.9. The number of rotatable bonds is 3. The van der Waals surface area contributed by atoms with E-state index in [0.717, 1.165) is 50.5 Å². The van der Waals surface area contributed by atoms with E-state index in [1.54, 1.807) is 6.08 Å². The van der Waals surface area contributed by atoms with Crippen LogP contribution in [0.3, 0.4) is 0 Å². The Labute approximate surface area is 184 Å². The summed E-state index contributed by atoms with van der Waals surface area (Å²) in [4.78, 5) is 11.7. The number of cyclic esters (lactones) is 1. The Morgan fingerprint density at radius 1 is 1.06 bits per heavy atom. The van der Waals surface area contributed by atoms with Gasteiger partial charge in [-0.2, -0.15) is 0 Å². The number of aliphatic hydroxyl groups is 4. The van der Waals surface area contributed by atoms with Gasteiger partial charge in [0.2, 0.25) is 0 Å². The lowest BCUT2D eigenvalue weighted by Gasteiger charge is -2.64. The highest BCUT2D eigenvalue weighted by Gasteiger charge is 2.68. The van der Waals surface area contributed by atoms with Gasteiger partial charge in [-0.1, -0.05) is 13.8 Å². The molecule has 5 aliphatic rings. The summed E-state index contributed by atoms with van der Waals surface area (Å²) in [6, 6.07) is 0. The second-order valence-electron chi connectivity index (χ2n) is 11.8. The van der Waals surface area contributed by atoms with Crippen LogP contribution in [0.25, 0.3) is 0 Å². The number of esters is 1. The first-order valence-corrected chi connectivity index (χ1v) is 12.2. The van der Waals surface area contributed by atoms with Gasteiger partial charge in [0.25, 0.3) is 0 Å². The van der Waals surface area contributed by atoms with E-state index in [2.05, 4.69) is 13.8 Å². The molecule has 4 N–H and O–H groups in total. The molecule has 0 radical (unpaired) electrons. The minimum Gasteiger partial charge on any atom is -0.458 e. The summed E-state index contributed by atoms with van der Waals surface area (Å²) in [6.45, 7) is 4.53. The number of ether oxygens (including phenoxy) is 1. The van der Waals surface area contributed by atoms with Gasteiger partial charge in [0.05, 0.1) is 17.8 Å². The Bertz CT molecular complexity index is 795. The lowest BCUT2D eigenvalue weighted by Crippen LogP contribution is -2.64. The average Bonchev–Trinajstić information content (AvgIpc) is 3.28. The topological polar surface area (TPSA) is 107 Å². The summed E-state index contributed by atoms with van der Waals surface area (Å²) >= 11 is 0. The highest BCUT2D eigenvalue weighted by Crippen LogP contribution is 2.70. The highest BCUT2D eigenvalue weighted by atomic mass is 16.5. The number of carbonyl (C=O) groups is 1. The third-order valence-electron chi connectivity index (χ3n) is 10.9. The molecule has 0 aromatic rings. The first-order valence-electron chi connectivity index (χ1n) is 12.2. The normalized spacial score (nSPS) is 52.6. The van der Waals surface area contributed by atoms with E-state index in [9.17, 15) is 25.2 Å². The smallest absolute Gasteiger partial charge is 0.331 e. The van der Waals surface area contributed by atoms with Crippen LogP contribution in [0.2, 0.25) is 0 Å². The quantitative estimate of drug-likeness (QED) is 0.508. The van der Waals surface area contributed by atoms with Gasteiger partial charge in [-0.15, -0.1) is 0 Å². The maximum atomic E-state index is 12.2. The van der Waals surface area contributed by atoms with E-state index >= 15 is 0 Å². The number of fused-ring (bicyclic) bond motifs is 5. The van der Waals surface area contributed by atoms with Gasteiger partial charge in [0, 0.05) is 11.5 Å². The number of hydrogen-bond acceptors (Lipinski definition) is 6. The van der Waals surface area contributed by atoms with Gasteiger partial charge in [0.1, 0.15) is 12.7 Å². The molecule has 4 saturated carbocycles. The largest absolute Gasteiger partial charge is 0.458 e. The standard InChI is InChI=1S/C25H38O6/c1-22-9-10-24(29,20(27)13-26)12-16(22)3-4-19-18(22)5-7-23(2)17(6-8-25(19,23)30)15-11-21(28)31-14-15/h11,16-20,26-27,29-30H,3-10,12-14H2,1-2H3/t16-,17-,18+,19-,20?,22+,23-,24-,25+/m1/s1. The van der Waals surface area contributed by atoms with Crippen molar-refractivity contribution in [2.75, 3.05) is 13.2 Å². The SMILES string of the molecule is C[C@]12CC[C@](O)(C(O)CO)C[C@H]1CC[C@@H]1[C@@H]2CC[C@]2(C)[C@@H](C3=CC(=O)OC3)CC[C@]12O. The zero-order valence-corrected chi connectivity index (χ0v) is 18.8. The molecule has 1 aliphatic heterocycles. The first-order chi connectivity index (χ1) is 14.6. The summed E-state index contributed by atoms with van der Waals surface area (Å²) < 4.78 is 5.20. The van der Waals surface area contributed by atoms with Crippen molar-refractivity contribution < 1.29 is 30.0 Å². The molecule has 0 bridgehead atoms. The molecule has 1 heterocycles. The lowest BCUT2D eigenvalue weighted by molar-refractivity contribution is -0.224. The van der Waals surface area contributed by atoms with E-state index in [1.165, 1.54) is 0 Å². The van der Waals surface area contributed by atoms with Crippen LogP contribution in [0.5, 0.6) is 0 Å². The zero-order valence-electron chi connectivity index (χ0n) is 18.8. The van der Waals surface area contributed by atoms with E-state index in [1.807, 2.05) is 0 Å². The Morgan fingerprint density at radius 3 is 2.52 bits per heavy atom. The monoisotopic (exact) mass is 434 g/mol. The Hall–Kier alpha value is -0.950. The minimum absolute atomic E-state index is 0.0329. The summed E-state index contributed by atoms with van der Waals surface area (Å²) in [5.74, 6) is 0.865. The fraction of sp³-hybridized carbons (Fsp3) is 0.880. The van der Waals surface area contributed by atoms with Crippen LogP contribution in [0.4, 0.5) is 0 Å². The molecule has 31 heavy (non-hydrogen) atoms. The molecule has 174 valence electrons. The van der Waals surface area contributed by atoms with Crippen LogP contribution in [0.15, 0.2) is 11.6 Å². The fourth-order valence-electron chi connectivity index (χ4n) is 8.90. The van der Waals surface area contributed by atoms with Crippen molar-refractivity contribution in [2.45, 2.75) is 88.9 Å². The van der Waals surface area contributed by atoms with Crippen LogP contribution in [0.1, 0.15) is 71.6 Å². The van der Waals surface area contributed by atoms with Crippen molar-refractivity contribution >= 4 is 5.97 Å². The summed E-state index contributed by atoms with van der Waals surface area (Å²) in [5, 5.41) is 42.9. The molecule has 4 aliphatic carbocycles. The van der Waals surface area contributed by atoms with E-state index < -0.39 is 23.9 Å². The van der Waals surface area contributed by atoms with Gasteiger partial charge in [-0.05, 0) is 92.4 Å². The number of hydrogen-bond donors (Lipinski definition) is 4. The van der Waals surface area contributed by atoms with Crippen LogP contribution in [-0.4, -0.2) is 56.9 Å². The maximum absolute atomic E-state index is 12.2. The summed E-state index contributed by atoms with van der Waals surface area (Å²) in [7, 11) is 0. The molecular formula is C25H38O6. The second-order valence-corrected chi connectivity index (χ2v) is 11.8. The molecule has 0 saturated heterocycles. The Balaban J connectivity index is 1.42. The van der Waals surface area contributed by atoms with Crippen molar-refractivity contribution in [3.05, 3.63) is 11.6 Å². The average molecular weight is 435 g/mol. The molecule has 0 aromatic heterocycles. The predicted octanol–water partition coefficient (Wildman–Crippen LogP) is 2.33. The van der Waals surface area contributed by atoms with E-state index in [4.69, 9.17) is 4.74 Å². The third-order valence-corrected chi connectivity index (χ3v) is 10.9. The molecule has 0 amide bonds. The van der Waals surface area contributed by atoms with Crippen molar-refractivity contribution in [3.8, 4) is 0 Å². The molecule has 9 atom stereocenters. The molecule has 6 nitrogen and oxygen atoms in total. The molecule has 4 fully saturated rings. The minimum atomic E-state index is -1.20. The van der Waals surface area contributed by atoms with Gasteiger partial charge in [-0.3, -0.25) is 0 Å². The van der Waals surface area contributed by atoms with Gasteiger partial charge < -0.3 is 25.2 Å². The molecular weight excluding hydrogens is 396 g/mol. The molecule has 5 rings (SSSR count). The number of aliphatic hydroxyl groups excluding tert-OH is 2. The number of carbonyl (C=O) groups excluding carboxylic acids is 1. The Kier molecular flexibility index (Phi) is 4.95. The maximum Gasteiger partial charge on any atom is 0.331 e. The van der Waals surface area contributed by atoms with Crippen LogP contribution in [0, 0.1) is 34.5 Å². The van der Waals surface area contributed by atoms with Crippen LogP contribution >= 0.6 is 0 Å². The van der Waals surface area contributed by atoms with Crippen molar-refractivity contribution in [1.29, 1.82) is 0 Å². The van der Waals surface area contributed by atoms with Crippen molar-refractivity contribution in [3.63, 3.8) is 0 Å². The van der Waals surface area contributed by atoms with Crippen molar-refractivity contribution in [2.24, 2.45) is 34.5 Å². The summed E-state index contributed by atoms with van der Waals surface area (Å²) in [5.41, 5.74) is -1.08. The highest BCUT2D eigenvalue weighted by molar-refractivity contribution is 5.85. The Morgan fingerprint density at radius 2 is 1.84 bits per heavy atom. The molecule has 6 heteroatoms. The van der Waals surface area contributed by atoms with E-state index in [-0.39, 0.29) is 28.6 Å². The van der Waals surface area contributed by atoms with Gasteiger partial charge in [-0.25, -0.2) is 4.79 Å².